The third-order valence-electron chi connectivity index (χ3n) is 4.79. The number of rotatable bonds is 4. The number of aryl methyl sites for hydroxylation is 1. The Morgan fingerprint density at radius 2 is 1.67 bits per heavy atom. The van der Waals surface area contributed by atoms with Gasteiger partial charge in [0.15, 0.2) is 0 Å². The van der Waals surface area contributed by atoms with E-state index in [0.29, 0.717) is 26.2 Å². The second kappa shape index (κ2) is 7.61. The van der Waals surface area contributed by atoms with E-state index >= 15 is 0 Å². The third-order valence-corrected chi connectivity index (χ3v) is 6.70. The standard InChI is InChI=1S/C19H21F3N2O2S/c1-15-3-2-4-16(13-15)14-23-9-11-24(12-10-23)27(25,26)18-7-5-17(6-8-18)19(20,21)22/h2-8,13H,9-12,14H2,1H3/p+1. The molecule has 0 aromatic heterocycles. The highest BCUT2D eigenvalue weighted by molar-refractivity contribution is 7.89. The molecule has 4 nitrogen and oxygen atoms in total. The van der Waals surface area contributed by atoms with Crippen molar-refractivity contribution in [1.82, 2.24) is 4.31 Å². The zero-order valence-electron chi connectivity index (χ0n) is 15.0. The number of sulfonamides is 1. The topological polar surface area (TPSA) is 41.8 Å². The van der Waals surface area contributed by atoms with Gasteiger partial charge in [0.05, 0.1) is 36.6 Å². The number of nitrogens with zero attached hydrogens (tertiary/aromatic N) is 1. The minimum atomic E-state index is -4.48. The molecule has 0 unspecified atom stereocenters. The van der Waals surface area contributed by atoms with Crippen LogP contribution in [-0.2, 0) is 22.7 Å². The average molecular weight is 399 g/mol. The third kappa shape index (κ3) is 4.69. The number of benzene rings is 2. The van der Waals surface area contributed by atoms with Crippen molar-refractivity contribution in [3.8, 4) is 0 Å². The molecule has 0 amide bonds. The van der Waals surface area contributed by atoms with Gasteiger partial charge in [-0.1, -0.05) is 29.8 Å². The van der Waals surface area contributed by atoms with Crippen LogP contribution in [0.25, 0.3) is 0 Å². The molecule has 2 aromatic carbocycles. The fourth-order valence-corrected chi connectivity index (χ4v) is 4.74. The number of hydrogen-bond donors (Lipinski definition) is 1. The average Bonchev–Trinajstić information content (AvgIpc) is 2.62. The zero-order chi connectivity index (χ0) is 19.7. The monoisotopic (exact) mass is 399 g/mol. The lowest BCUT2D eigenvalue weighted by Crippen LogP contribution is -3.13. The molecule has 146 valence electrons. The normalized spacial score (nSPS) is 17.2. The van der Waals surface area contributed by atoms with E-state index in [0.717, 1.165) is 30.8 Å². The largest absolute Gasteiger partial charge is 0.416 e. The van der Waals surface area contributed by atoms with Crippen molar-refractivity contribution in [1.29, 1.82) is 0 Å². The molecule has 1 aliphatic rings. The molecule has 8 heteroatoms. The van der Waals surface area contributed by atoms with Crippen LogP contribution in [0.4, 0.5) is 13.2 Å². The summed E-state index contributed by atoms with van der Waals surface area (Å²) in [6.07, 6.45) is -4.48. The molecule has 0 atom stereocenters. The highest BCUT2D eigenvalue weighted by Gasteiger charge is 2.33. The van der Waals surface area contributed by atoms with Gasteiger partial charge >= 0.3 is 6.18 Å². The smallest absolute Gasteiger partial charge is 0.329 e. The first-order chi connectivity index (χ1) is 12.7. The second-order valence-electron chi connectivity index (χ2n) is 6.84. The molecule has 1 saturated heterocycles. The number of nitrogens with one attached hydrogen (secondary N) is 1. The molecule has 0 saturated carbocycles. The van der Waals surface area contributed by atoms with Gasteiger partial charge in [0.25, 0.3) is 0 Å². The first kappa shape index (κ1) is 19.9. The Balaban J connectivity index is 1.64. The van der Waals surface area contributed by atoms with Crippen LogP contribution in [-0.4, -0.2) is 38.9 Å². The van der Waals surface area contributed by atoms with Crippen LogP contribution in [0.1, 0.15) is 16.7 Å². The highest BCUT2D eigenvalue weighted by Crippen LogP contribution is 2.30. The van der Waals surface area contributed by atoms with Crippen LogP contribution in [0.2, 0.25) is 0 Å². The van der Waals surface area contributed by atoms with Gasteiger partial charge in [0.1, 0.15) is 6.54 Å². The lowest BCUT2D eigenvalue weighted by molar-refractivity contribution is -0.917. The van der Waals surface area contributed by atoms with Crippen LogP contribution in [0.5, 0.6) is 0 Å². The van der Waals surface area contributed by atoms with E-state index in [9.17, 15) is 21.6 Å². The molecule has 0 bridgehead atoms. The quantitative estimate of drug-likeness (QED) is 0.856. The summed E-state index contributed by atoms with van der Waals surface area (Å²) in [6, 6.07) is 11.9. The Morgan fingerprint density at radius 1 is 1.04 bits per heavy atom. The molecular formula is C19H22F3N2O2S+. The van der Waals surface area contributed by atoms with Gasteiger partial charge in [-0.3, -0.25) is 0 Å². The lowest BCUT2D eigenvalue weighted by Gasteiger charge is -2.31. The molecule has 0 spiro atoms. The molecule has 0 aliphatic carbocycles. The van der Waals surface area contributed by atoms with Crippen molar-refractivity contribution in [3.63, 3.8) is 0 Å². The van der Waals surface area contributed by atoms with Gasteiger partial charge in [-0.25, -0.2) is 8.42 Å². The van der Waals surface area contributed by atoms with Crippen LogP contribution in [0.3, 0.4) is 0 Å². The summed E-state index contributed by atoms with van der Waals surface area (Å²) in [5, 5.41) is 0. The maximum atomic E-state index is 12.7. The van der Waals surface area contributed by atoms with Gasteiger partial charge < -0.3 is 4.90 Å². The summed E-state index contributed by atoms with van der Waals surface area (Å²) in [5.41, 5.74) is 1.55. The minimum Gasteiger partial charge on any atom is -0.329 e. The Bertz CT molecular complexity index is 888. The van der Waals surface area contributed by atoms with Crippen LogP contribution in [0.15, 0.2) is 53.4 Å². The van der Waals surface area contributed by atoms with E-state index in [2.05, 4.69) is 12.1 Å². The molecule has 1 heterocycles. The first-order valence-electron chi connectivity index (χ1n) is 8.73. The second-order valence-corrected chi connectivity index (χ2v) is 8.78. The molecule has 1 aliphatic heterocycles. The number of alkyl halides is 3. The van der Waals surface area contributed by atoms with E-state index in [1.165, 1.54) is 20.3 Å². The summed E-state index contributed by atoms with van der Waals surface area (Å²) >= 11 is 0. The Kier molecular flexibility index (Phi) is 5.60. The predicted molar refractivity (Wildman–Crippen MR) is 95.8 cm³/mol. The van der Waals surface area contributed by atoms with Gasteiger partial charge in [-0.2, -0.15) is 17.5 Å². The summed E-state index contributed by atoms with van der Waals surface area (Å²) in [4.78, 5) is 1.19. The van der Waals surface area contributed by atoms with Crippen molar-refractivity contribution in [2.45, 2.75) is 24.5 Å². The van der Waals surface area contributed by atoms with E-state index in [4.69, 9.17) is 0 Å². The van der Waals surface area contributed by atoms with Crippen molar-refractivity contribution in [3.05, 3.63) is 65.2 Å². The predicted octanol–water partition coefficient (Wildman–Crippen LogP) is 2.10. The Hall–Kier alpha value is -1.90. The van der Waals surface area contributed by atoms with Crippen LogP contribution < -0.4 is 4.90 Å². The lowest BCUT2D eigenvalue weighted by atomic mass is 10.1. The summed E-state index contributed by atoms with van der Waals surface area (Å²) in [6.45, 7) is 4.89. The fourth-order valence-electron chi connectivity index (χ4n) is 3.30. The number of hydrogen-bond acceptors (Lipinski definition) is 2. The molecule has 1 fully saturated rings. The molecular weight excluding hydrogens is 377 g/mol. The van der Waals surface area contributed by atoms with E-state index in [1.807, 2.05) is 19.1 Å². The SMILES string of the molecule is Cc1cccc(C[NH+]2CCN(S(=O)(=O)c3ccc(C(F)(F)F)cc3)CC2)c1. The van der Waals surface area contributed by atoms with Crippen molar-refractivity contribution < 1.29 is 26.5 Å². The van der Waals surface area contributed by atoms with Crippen molar-refractivity contribution in [2.24, 2.45) is 0 Å². The molecule has 1 N–H and O–H groups in total. The van der Waals surface area contributed by atoms with E-state index in [1.54, 1.807) is 0 Å². The maximum Gasteiger partial charge on any atom is 0.416 e. The number of halogens is 3. The van der Waals surface area contributed by atoms with Gasteiger partial charge in [0, 0.05) is 5.56 Å². The van der Waals surface area contributed by atoms with E-state index in [-0.39, 0.29) is 4.90 Å². The fraction of sp³-hybridized carbons (Fsp3) is 0.368. The number of quaternary nitrogens is 1. The van der Waals surface area contributed by atoms with Crippen LogP contribution in [0, 0.1) is 6.92 Å². The Labute approximate surface area is 157 Å². The molecule has 2 aromatic rings. The molecule has 3 rings (SSSR count). The van der Waals surface area contributed by atoms with Crippen LogP contribution >= 0.6 is 0 Å². The first-order valence-corrected chi connectivity index (χ1v) is 10.2. The minimum absolute atomic E-state index is 0.0994. The maximum absolute atomic E-state index is 12.7. The van der Waals surface area contributed by atoms with Gasteiger partial charge in [0.2, 0.25) is 10.0 Å². The molecule has 27 heavy (non-hydrogen) atoms. The van der Waals surface area contributed by atoms with Gasteiger partial charge in [-0.05, 0) is 31.2 Å². The molecule has 0 radical (unpaired) electrons. The van der Waals surface area contributed by atoms with Crippen molar-refractivity contribution >= 4 is 10.0 Å². The van der Waals surface area contributed by atoms with E-state index < -0.39 is 21.8 Å². The summed E-state index contributed by atoms with van der Waals surface area (Å²) in [7, 11) is -3.77. The van der Waals surface area contributed by atoms with Gasteiger partial charge in [-0.15, -0.1) is 0 Å². The highest BCUT2D eigenvalue weighted by atomic mass is 32.2. The van der Waals surface area contributed by atoms with Crippen molar-refractivity contribution in [2.75, 3.05) is 26.2 Å². The Morgan fingerprint density at radius 3 is 2.22 bits per heavy atom. The summed E-state index contributed by atoms with van der Waals surface area (Å²) < 4.78 is 64.7. The zero-order valence-corrected chi connectivity index (χ0v) is 15.8. The number of piperazine rings is 1. The summed E-state index contributed by atoms with van der Waals surface area (Å²) in [5.74, 6) is 0.